The van der Waals surface area contributed by atoms with Gasteiger partial charge in [0.2, 0.25) is 0 Å². The zero-order valence-electron chi connectivity index (χ0n) is 11.1. The molecule has 0 aliphatic rings. The summed E-state index contributed by atoms with van der Waals surface area (Å²) in [5.74, 6) is -0.929. The summed E-state index contributed by atoms with van der Waals surface area (Å²) < 4.78 is 0. The molecule has 0 aromatic heterocycles. The van der Waals surface area contributed by atoms with E-state index in [2.05, 4.69) is 10.5 Å². The van der Waals surface area contributed by atoms with Crippen molar-refractivity contribution in [3.05, 3.63) is 63.7 Å². The van der Waals surface area contributed by atoms with E-state index in [1.54, 1.807) is 0 Å². The second kappa shape index (κ2) is 6.35. The van der Waals surface area contributed by atoms with Crippen LogP contribution in [-0.4, -0.2) is 27.3 Å². The molecule has 0 saturated carbocycles. The number of amides is 1. The summed E-state index contributed by atoms with van der Waals surface area (Å²) in [6, 6.07) is 9.09. The summed E-state index contributed by atoms with van der Waals surface area (Å²) in [6.45, 7) is 0. The third-order valence-corrected chi connectivity index (χ3v) is 2.70. The minimum Gasteiger partial charge on any atom is -0.508 e. The highest BCUT2D eigenvalue weighted by Crippen LogP contribution is 2.20. The lowest BCUT2D eigenvalue weighted by Gasteiger charge is -2.01. The summed E-state index contributed by atoms with van der Waals surface area (Å²) in [5.41, 5.74) is 2.36. The minimum atomic E-state index is -0.627. The van der Waals surface area contributed by atoms with Gasteiger partial charge in [0.15, 0.2) is 0 Å². The number of nitro groups is 1. The van der Waals surface area contributed by atoms with Gasteiger partial charge in [0.1, 0.15) is 11.5 Å². The summed E-state index contributed by atoms with van der Waals surface area (Å²) in [6.07, 6.45) is 1.18. The van der Waals surface area contributed by atoms with Crippen LogP contribution in [0.3, 0.4) is 0 Å². The molecule has 3 N–H and O–H groups in total. The number of nitrogens with one attached hydrogen (secondary N) is 1. The van der Waals surface area contributed by atoms with Crippen molar-refractivity contribution < 1.29 is 19.9 Å². The fourth-order valence-electron chi connectivity index (χ4n) is 1.63. The Morgan fingerprint density at radius 1 is 1.23 bits per heavy atom. The van der Waals surface area contributed by atoms with Gasteiger partial charge >= 0.3 is 0 Å². The van der Waals surface area contributed by atoms with Crippen molar-refractivity contribution in [2.24, 2.45) is 5.10 Å². The molecule has 0 fully saturated rings. The second-order valence-electron chi connectivity index (χ2n) is 4.25. The number of carbonyl (C=O) groups excluding carboxylic acids is 1. The van der Waals surface area contributed by atoms with Gasteiger partial charge in [-0.05, 0) is 18.2 Å². The van der Waals surface area contributed by atoms with Crippen LogP contribution in [0, 0.1) is 10.1 Å². The van der Waals surface area contributed by atoms with Gasteiger partial charge in [-0.2, -0.15) is 5.10 Å². The van der Waals surface area contributed by atoms with Crippen molar-refractivity contribution in [3.63, 3.8) is 0 Å². The van der Waals surface area contributed by atoms with E-state index in [9.17, 15) is 20.0 Å². The van der Waals surface area contributed by atoms with Crippen LogP contribution in [0.2, 0.25) is 0 Å². The number of nitrogens with zero attached hydrogens (tertiary/aromatic N) is 2. The van der Waals surface area contributed by atoms with Crippen molar-refractivity contribution in [2.45, 2.75) is 0 Å². The van der Waals surface area contributed by atoms with E-state index in [1.165, 1.54) is 36.5 Å². The molecule has 112 valence electrons. The molecule has 8 heteroatoms. The number of phenolic OH excluding ortho intramolecular Hbond substituents is 2. The van der Waals surface area contributed by atoms with Crippen LogP contribution in [0.15, 0.2) is 47.6 Å². The van der Waals surface area contributed by atoms with E-state index in [0.717, 1.165) is 12.1 Å². The van der Waals surface area contributed by atoms with Gasteiger partial charge in [-0.3, -0.25) is 14.9 Å². The minimum absolute atomic E-state index is 0.0845. The molecule has 0 spiro atoms. The molecule has 0 saturated heterocycles. The lowest BCUT2D eigenvalue weighted by Crippen LogP contribution is -2.17. The Hall–Kier alpha value is -3.42. The van der Waals surface area contributed by atoms with Crippen LogP contribution in [0.25, 0.3) is 0 Å². The largest absolute Gasteiger partial charge is 0.508 e. The number of nitro benzene ring substituents is 1. The maximum atomic E-state index is 11.8. The molecule has 0 unspecified atom stereocenters. The molecule has 0 radical (unpaired) electrons. The fraction of sp³-hybridized carbons (Fsp3) is 0. The molecule has 8 nitrogen and oxygen atoms in total. The maximum Gasteiger partial charge on any atom is 0.271 e. The maximum absolute atomic E-state index is 11.8. The molecule has 2 rings (SSSR count). The second-order valence-corrected chi connectivity index (χ2v) is 4.25. The van der Waals surface area contributed by atoms with Crippen LogP contribution in [-0.2, 0) is 0 Å². The van der Waals surface area contributed by atoms with E-state index < -0.39 is 10.8 Å². The molecular weight excluding hydrogens is 290 g/mol. The van der Waals surface area contributed by atoms with Crippen LogP contribution < -0.4 is 5.43 Å². The molecule has 0 bridgehead atoms. The van der Waals surface area contributed by atoms with E-state index >= 15 is 0 Å². The molecule has 2 aromatic rings. The zero-order chi connectivity index (χ0) is 16.1. The van der Waals surface area contributed by atoms with Gasteiger partial charge in [-0.1, -0.05) is 6.07 Å². The van der Waals surface area contributed by atoms with Crippen molar-refractivity contribution in [1.82, 2.24) is 5.43 Å². The van der Waals surface area contributed by atoms with Gasteiger partial charge in [-0.15, -0.1) is 0 Å². The van der Waals surface area contributed by atoms with Gasteiger partial charge in [0.25, 0.3) is 11.6 Å². The van der Waals surface area contributed by atoms with Gasteiger partial charge in [-0.25, -0.2) is 5.43 Å². The monoisotopic (exact) mass is 301 g/mol. The van der Waals surface area contributed by atoms with Crippen LogP contribution in [0.1, 0.15) is 15.9 Å². The summed E-state index contributed by atoms with van der Waals surface area (Å²) in [7, 11) is 0. The first-order valence-electron chi connectivity index (χ1n) is 6.07. The highest BCUT2D eigenvalue weighted by atomic mass is 16.6. The average molecular weight is 301 g/mol. The van der Waals surface area contributed by atoms with Crippen LogP contribution in [0.4, 0.5) is 5.69 Å². The highest BCUT2D eigenvalue weighted by molar-refractivity contribution is 5.95. The van der Waals surface area contributed by atoms with Crippen molar-refractivity contribution in [3.8, 4) is 11.5 Å². The molecular formula is C14H11N3O5. The number of rotatable bonds is 4. The Morgan fingerprint density at radius 3 is 2.68 bits per heavy atom. The number of hydrogen-bond donors (Lipinski definition) is 3. The number of aromatic hydroxyl groups is 2. The Labute approximate surface area is 124 Å². The number of non-ortho nitro benzene ring substituents is 1. The number of benzene rings is 2. The quantitative estimate of drug-likeness (QED) is 0.451. The van der Waals surface area contributed by atoms with E-state index in [4.69, 9.17) is 5.11 Å². The molecule has 22 heavy (non-hydrogen) atoms. The Balaban J connectivity index is 2.08. The summed E-state index contributed by atoms with van der Waals surface area (Å²) in [4.78, 5) is 21.8. The van der Waals surface area contributed by atoms with E-state index in [-0.39, 0.29) is 28.3 Å². The van der Waals surface area contributed by atoms with E-state index in [0.29, 0.717) is 0 Å². The predicted molar refractivity (Wildman–Crippen MR) is 77.9 cm³/mol. The smallest absolute Gasteiger partial charge is 0.271 e. The Bertz CT molecular complexity index is 758. The topological polar surface area (TPSA) is 125 Å². The van der Waals surface area contributed by atoms with Crippen LogP contribution >= 0.6 is 0 Å². The lowest BCUT2D eigenvalue weighted by molar-refractivity contribution is -0.384. The fourth-order valence-corrected chi connectivity index (χ4v) is 1.63. The molecule has 0 aliphatic carbocycles. The number of phenols is 2. The summed E-state index contributed by atoms with van der Waals surface area (Å²) >= 11 is 0. The van der Waals surface area contributed by atoms with Crippen molar-refractivity contribution in [1.29, 1.82) is 0 Å². The Morgan fingerprint density at radius 2 is 2.00 bits per heavy atom. The molecule has 0 aliphatic heterocycles. The average Bonchev–Trinajstić information content (AvgIpc) is 2.49. The Kier molecular flexibility index (Phi) is 4.33. The third kappa shape index (κ3) is 3.57. The first-order valence-corrected chi connectivity index (χ1v) is 6.07. The first kappa shape index (κ1) is 15.0. The number of hydrogen-bond acceptors (Lipinski definition) is 6. The molecule has 2 aromatic carbocycles. The summed E-state index contributed by atoms with van der Waals surface area (Å²) in [5, 5.41) is 33.0. The molecule has 0 atom stereocenters. The SMILES string of the molecule is O=C(NN=Cc1ccc(O)cc1O)c1cccc([N+](=O)[O-])c1. The third-order valence-electron chi connectivity index (χ3n) is 2.70. The number of carbonyl (C=O) groups is 1. The van der Waals surface area contributed by atoms with Gasteiger partial charge in [0.05, 0.1) is 11.1 Å². The van der Waals surface area contributed by atoms with Crippen molar-refractivity contribution >= 4 is 17.8 Å². The number of hydrazone groups is 1. The normalized spacial score (nSPS) is 10.5. The molecule has 0 heterocycles. The van der Waals surface area contributed by atoms with E-state index in [1.807, 2.05) is 0 Å². The predicted octanol–water partition coefficient (Wildman–Crippen LogP) is 1.77. The molecule has 1 amide bonds. The highest BCUT2D eigenvalue weighted by Gasteiger charge is 2.10. The first-order chi connectivity index (χ1) is 10.5. The zero-order valence-corrected chi connectivity index (χ0v) is 11.1. The lowest BCUT2D eigenvalue weighted by atomic mass is 10.2. The van der Waals surface area contributed by atoms with Crippen LogP contribution in [0.5, 0.6) is 11.5 Å². The standard InChI is InChI=1S/C14H11N3O5/c18-12-5-4-10(13(19)7-12)8-15-16-14(20)9-2-1-3-11(6-9)17(21)22/h1-8,18-19H,(H,16,20). The van der Waals surface area contributed by atoms with Crippen molar-refractivity contribution in [2.75, 3.05) is 0 Å². The van der Waals surface area contributed by atoms with Gasteiger partial charge in [0, 0.05) is 29.3 Å². The van der Waals surface area contributed by atoms with Gasteiger partial charge < -0.3 is 10.2 Å².